The first-order valence-electron chi connectivity index (χ1n) is 16.8. The largest absolute Gasteiger partial charge is 0.449 e. The summed E-state index contributed by atoms with van der Waals surface area (Å²) in [6, 6.07) is 12.5. The van der Waals surface area contributed by atoms with Crippen molar-refractivity contribution in [2.24, 2.45) is 10.9 Å². The van der Waals surface area contributed by atoms with Gasteiger partial charge in [-0.3, -0.25) is 19.4 Å². The fourth-order valence-corrected chi connectivity index (χ4v) is 7.59. The lowest BCUT2D eigenvalue weighted by molar-refractivity contribution is -0.131. The summed E-state index contributed by atoms with van der Waals surface area (Å²) in [5.41, 5.74) is 2.62. The van der Waals surface area contributed by atoms with Crippen molar-refractivity contribution in [2.75, 3.05) is 18.4 Å². The van der Waals surface area contributed by atoms with Gasteiger partial charge in [0.1, 0.15) is 17.1 Å². The highest BCUT2D eigenvalue weighted by Gasteiger charge is 2.49. The Morgan fingerprint density at radius 1 is 1.12 bits per heavy atom. The number of aromatic nitrogens is 1. The maximum atomic E-state index is 13.9. The van der Waals surface area contributed by atoms with Crippen molar-refractivity contribution in [2.45, 2.75) is 103 Å². The highest BCUT2D eigenvalue weighted by Crippen LogP contribution is 2.40. The molecule has 258 valence electrons. The minimum absolute atomic E-state index is 0.0518. The highest BCUT2D eigenvalue weighted by atomic mass is 32.2. The first-order valence-corrected chi connectivity index (χ1v) is 18.3. The zero-order valence-corrected chi connectivity index (χ0v) is 29.7. The topological polar surface area (TPSA) is 134 Å². The Morgan fingerprint density at radius 3 is 2.52 bits per heavy atom. The molecule has 3 aromatic rings. The van der Waals surface area contributed by atoms with E-state index in [1.54, 1.807) is 45.2 Å². The van der Waals surface area contributed by atoms with Gasteiger partial charge in [-0.2, -0.15) is 0 Å². The van der Waals surface area contributed by atoms with Crippen molar-refractivity contribution in [3.8, 4) is 11.1 Å². The third-order valence-electron chi connectivity index (χ3n) is 9.11. The van der Waals surface area contributed by atoms with Gasteiger partial charge >= 0.3 is 6.09 Å². The SMILES string of the molecule is CCCCC1=NC2(CCCC2)C(=O)N1Cc1ccc(-c2ccccc2S(=O)(=O)Nc2noc(C)c2C)c(CN(C)C(=O)OCC(C)C)c1. The fourth-order valence-electron chi connectivity index (χ4n) is 6.31. The zero-order valence-electron chi connectivity index (χ0n) is 28.8. The number of benzene rings is 2. The van der Waals surface area contributed by atoms with Crippen molar-refractivity contribution >= 4 is 33.7 Å². The van der Waals surface area contributed by atoms with Crippen molar-refractivity contribution in [1.82, 2.24) is 15.0 Å². The predicted molar refractivity (Wildman–Crippen MR) is 185 cm³/mol. The Hall–Kier alpha value is -4.19. The van der Waals surface area contributed by atoms with Gasteiger partial charge in [0, 0.05) is 31.1 Å². The van der Waals surface area contributed by atoms with Crippen LogP contribution in [-0.4, -0.2) is 60.4 Å². The maximum Gasteiger partial charge on any atom is 0.409 e. The Kier molecular flexibility index (Phi) is 10.6. The summed E-state index contributed by atoms with van der Waals surface area (Å²) in [5.74, 6) is 1.72. The number of nitrogens with zero attached hydrogens (tertiary/aromatic N) is 4. The number of sulfonamides is 1. The molecule has 5 rings (SSSR count). The Balaban J connectivity index is 1.53. The molecule has 1 aliphatic carbocycles. The van der Waals surface area contributed by atoms with Crippen molar-refractivity contribution < 1.29 is 27.3 Å². The summed E-state index contributed by atoms with van der Waals surface area (Å²) in [7, 11) is -2.44. The minimum Gasteiger partial charge on any atom is -0.449 e. The lowest BCUT2D eigenvalue weighted by Gasteiger charge is -2.24. The van der Waals surface area contributed by atoms with E-state index < -0.39 is 21.7 Å². The van der Waals surface area contributed by atoms with E-state index in [0.717, 1.165) is 56.3 Å². The molecule has 12 heteroatoms. The standard InChI is InChI=1S/C36H47N5O6S/c1-7-8-15-32-37-36(18-11-12-19-36)34(42)41(32)21-27-16-17-29(28(20-27)22-40(6)35(43)46-23-24(2)3)30-13-9-10-14-31(30)48(44,45)39-33-25(4)26(5)47-38-33/h9-10,13-14,16-17,20,24H,7-8,11-12,15,18-19,21-23H2,1-6H3,(H,38,39). The smallest absolute Gasteiger partial charge is 0.409 e. The quantitative estimate of drug-likeness (QED) is 0.202. The van der Waals surface area contributed by atoms with Crippen molar-refractivity contribution in [3.05, 3.63) is 64.9 Å². The third-order valence-corrected chi connectivity index (χ3v) is 10.5. The van der Waals surface area contributed by atoms with Crippen molar-refractivity contribution in [3.63, 3.8) is 0 Å². The average molecular weight is 678 g/mol. The van der Waals surface area contributed by atoms with Crippen LogP contribution in [0.15, 0.2) is 56.9 Å². The van der Waals surface area contributed by atoms with Gasteiger partial charge in [0.2, 0.25) is 0 Å². The van der Waals surface area contributed by atoms with E-state index in [-0.39, 0.29) is 35.7 Å². The van der Waals surface area contributed by atoms with Crippen LogP contribution in [0.4, 0.5) is 10.6 Å². The Labute approximate surface area is 283 Å². The van der Waals surface area contributed by atoms with Crippen LogP contribution in [0.3, 0.4) is 0 Å². The van der Waals surface area contributed by atoms with E-state index in [2.05, 4.69) is 16.8 Å². The second-order valence-corrected chi connectivity index (χ2v) is 15.0. The van der Waals surface area contributed by atoms with Crippen LogP contribution < -0.4 is 4.72 Å². The van der Waals surface area contributed by atoms with Crippen LogP contribution in [0.2, 0.25) is 0 Å². The number of aliphatic imine (C=N–C) groups is 1. The van der Waals surface area contributed by atoms with E-state index in [1.165, 1.54) is 4.90 Å². The fraction of sp³-hybridized carbons (Fsp3) is 0.500. The van der Waals surface area contributed by atoms with Crippen LogP contribution >= 0.6 is 0 Å². The zero-order chi connectivity index (χ0) is 34.6. The molecule has 0 unspecified atom stereocenters. The number of nitrogens with one attached hydrogen (secondary N) is 1. The molecule has 1 fully saturated rings. The van der Waals surface area contributed by atoms with Crippen molar-refractivity contribution in [1.29, 1.82) is 0 Å². The number of carbonyl (C=O) groups is 2. The molecular weight excluding hydrogens is 630 g/mol. The molecule has 1 aliphatic heterocycles. The van der Waals surface area contributed by atoms with Gasteiger partial charge in [-0.1, -0.05) is 81.6 Å². The Morgan fingerprint density at radius 2 is 1.85 bits per heavy atom. The Bertz CT molecular complexity index is 1790. The molecule has 0 atom stereocenters. The second kappa shape index (κ2) is 14.5. The second-order valence-electron chi connectivity index (χ2n) is 13.4. The van der Waals surface area contributed by atoms with Crippen LogP contribution in [-0.2, 0) is 32.6 Å². The number of amidine groups is 1. The van der Waals surface area contributed by atoms with Crippen LogP contribution in [0, 0.1) is 19.8 Å². The van der Waals surface area contributed by atoms with Gasteiger partial charge in [0.15, 0.2) is 5.82 Å². The monoisotopic (exact) mass is 677 g/mol. The van der Waals surface area contributed by atoms with E-state index in [0.29, 0.717) is 34.6 Å². The lowest BCUT2D eigenvalue weighted by Crippen LogP contribution is -2.40. The van der Waals surface area contributed by atoms with E-state index >= 15 is 0 Å². The lowest BCUT2D eigenvalue weighted by atomic mass is 9.96. The minimum atomic E-state index is -4.09. The molecule has 2 heterocycles. The molecule has 0 radical (unpaired) electrons. The van der Waals surface area contributed by atoms with E-state index in [1.807, 2.05) is 36.9 Å². The number of amides is 2. The number of unbranched alkanes of at least 4 members (excludes halogenated alkanes) is 1. The van der Waals surface area contributed by atoms with E-state index in [4.69, 9.17) is 14.3 Å². The molecule has 11 nitrogen and oxygen atoms in total. The van der Waals surface area contributed by atoms with Gasteiger partial charge in [-0.25, -0.2) is 13.2 Å². The number of ether oxygens (including phenoxy) is 1. The number of anilines is 1. The number of hydrogen-bond acceptors (Lipinski definition) is 8. The molecule has 2 aliphatic rings. The van der Waals surface area contributed by atoms with E-state index in [9.17, 15) is 18.0 Å². The number of carbonyl (C=O) groups excluding carboxylic acids is 2. The predicted octanol–water partition coefficient (Wildman–Crippen LogP) is 7.23. The number of hydrogen-bond donors (Lipinski definition) is 1. The normalized spacial score (nSPS) is 15.8. The number of aryl methyl sites for hydroxylation is 1. The average Bonchev–Trinajstić information content (AvgIpc) is 3.73. The molecule has 1 aromatic heterocycles. The van der Waals surface area contributed by atoms with Gasteiger partial charge < -0.3 is 14.2 Å². The molecule has 0 saturated heterocycles. The summed E-state index contributed by atoms with van der Waals surface area (Å²) in [4.78, 5) is 35.2. The highest BCUT2D eigenvalue weighted by molar-refractivity contribution is 7.92. The summed E-state index contributed by atoms with van der Waals surface area (Å²) >= 11 is 0. The molecule has 2 aromatic carbocycles. The molecule has 1 N–H and O–H groups in total. The summed E-state index contributed by atoms with van der Waals surface area (Å²) in [5, 5.41) is 3.89. The molecule has 0 bridgehead atoms. The molecule has 1 spiro atoms. The summed E-state index contributed by atoms with van der Waals surface area (Å²) in [6.07, 6.45) is 5.74. The first-order chi connectivity index (χ1) is 22.8. The molecule has 2 amide bonds. The first kappa shape index (κ1) is 35.1. The summed E-state index contributed by atoms with van der Waals surface area (Å²) < 4.78 is 40.8. The van der Waals surface area contributed by atoms with Gasteiger partial charge in [0.25, 0.3) is 15.9 Å². The van der Waals surface area contributed by atoms with Gasteiger partial charge in [-0.05, 0) is 61.8 Å². The number of rotatable bonds is 13. The maximum absolute atomic E-state index is 13.9. The van der Waals surface area contributed by atoms with Crippen LogP contribution in [0.5, 0.6) is 0 Å². The van der Waals surface area contributed by atoms with Crippen LogP contribution in [0.1, 0.15) is 88.2 Å². The molecule has 1 saturated carbocycles. The van der Waals surface area contributed by atoms with Crippen LogP contribution in [0.25, 0.3) is 11.1 Å². The molecular formula is C36H47N5O6S. The summed E-state index contributed by atoms with van der Waals surface area (Å²) in [6.45, 7) is 10.3. The van der Waals surface area contributed by atoms with Gasteiger partial charge in [0.05, 0.1) is 18.0 Å². The van der Waals surface area contributed by atoms with Gasteiger partial charge in [-0.15, -0.1) is 0 Å². The molecule has 48 heavy (non-hydrogen) atoms. The third kappa shape index (κ3) is 7.43.